The first-order chi connectivity index (χ1) is 24.9. The van der Waals surface area contributed by atoms with Gasteiger partial charge in [0.25, 0.3) is 11.8 Å². The highest BCUT2D eigenvalue weighted by Crippen LogP contribution is 2.28. The van der Waals surface area contributed by atoms with E-state index in [1.165, 1.54) is 6.07 Å². The van der Waals surface area contributed by atoms with Crippen molar-refractivity contribution in [3.8, 4) is 22.3 Å². The summed E-state index contributed by atoms with van der Waals surface area (Å²) in [6, 6.07) is 48.3. The molecule has 0 unspecified atom stereocenters. The van der Waals surface area contributed by atoms with Gasteiger partial charge in [-0.15, -0.1) is 0 Å². The topological polar surface area (TPSA) is 86.7 Å². The second kappa shape index (κ2) is 16.6. The molecule has 6 rings (SSSR count). The van der Waals surface area contributed by atoms with Crippen LogP contribution in [0, 0.1) is 0 Å². The summed E-state index contributed by atoms with van der Waals surface area (Å²) in [5.41, 5.74) is 6.87. The zero-order chi connectivity index (χ0) is 35.6. The lowest BCUT2D eigenvalue weighted by molar-refractivity contribution is -0.139. The average molecular weight is 693 g/mol. The van der Waals surface area contributed by atoms with Gasteiger partial charge in [-0.1, -0.05) is 139 Å². The molecule has 0 aliphatic carbocycles. The normalized spacial score (nSPS) is 11.4. The van der Waals surface area contributed by atoms with Crippen LogP contribution in [0.25, 0.3) is 22.3 Å². The summed E-state index contributed by atoms with van der Waals surface area (Å²) < 4.78 is 0. The van der Waals surface area contributed by atoms with Crippen LogP contribution in [-0.4, -0.2) is 35.5 Å². The Hall–Kier alpha value is -5.98. The van der Waals surface area contributed by atoms with Gasteiger partial charge in [0.2, 0.25) is 0 Å². The number of halogens is 1. The van der Waals surface area contributed by atoms with Crippen molar-refractivity contribution in [1.29, 1.82) is 0 Å². The monoisotopic (exact) mass is 692 g/mol. The molecule has 2 N–H and O–H groups in total. The fourth-order valence-electron chi connectivity index (χ4n) is 6.07. The molecule has 0 spiro atoms. The van der Waals surface area contributed by atoms with Crippen molar-refractivity contribution in [1.82, 2.24) is 5.32 Å². The van der Waals surface area contributed by atoms with Crippen molar-refractivity contribution in [3.63, 3.8) is 0 Å². The van der Waals surface area contributed by atoms with Gasteiger partial charge in [-0.3, -0.25) is 9.59 Å². The third-order valence-electron chi connectivity index (χ3n) is 8.77. The molecule has 6 nitrogen and oxygen atoms in total. The minimum atomic E-state index is -1.22. The van der Waals surface area contributed by atoms with Crippen LogP contribution in [0.3, 0.4) is 0 Å². The van der Waals surface area contributed by atoms with Crippen molar-refractivity contribution in [2.45, 2.75) is 25.3 Å². The molecule has 7 heteroatoms. The number of nitrogens with one attached hydrogen (secondary N) is 1. The second-order valence-corrected chi connectivity index (χ2v) is 12.7. The fourth-order valence-corrected chi connectivity index (χ4v) is 6.24. The zero-order valence-electron chi connectivity index (χ0n) is 27.9. The third-order valence-corrected chi connectivity index (χ3v) is 9.01. The smallest absolute Gasteiger partial charge is 0.326 e. The van der Waals surface area contributed by atoms with E-state index in [0.717, 1.165) is 39.8 Å². The van der Waals surface area contributed by atoms with E-state index < -0.39 is 17.9 Å². The number of hydrogen-bond acceptors (Lipinski definition) is 3. The Kier molecular flexibility index (Phi) is 11.4. The number of aliphatic carboxylic acids is 1. The van der Waals surface area contributed by atoms with Gasteiger partial charge in [0, 0.05) is 23.6 Å². The number of amides is 2. The fraction of sp³-hybridized carbons (Fsp3) is 0.114. The number of anilines is 1. The predicted octanol–water partition coefficient (Wildman–Crippen LogP) is 9.38. The lowest BCUT2D eigenvalue weighted by Crippen LogP contribution is -2.43. The molecule has 51 heavy (non-hydrogen) atoms. The molecule has 0 heterocycles. The number of carboxylic acid groups (broad SMARTS) is 1. The first kappa shape index (κ1) is 34.9. The number of rotatable bonds is 13. The Bertz CT molecular complexity index is 2090. The van der Waals surface area contributed by atoms with E-state index in [0.29, 0.717) is 24.2 Å². The summed E-state index contributed by atoms with van der Waals surface area (Å²) in [5.74, 6) is -2.10. The minimum Gasteiger partial charge on any atom is -0.480 e. The highest BCUT2D eigenvalue weighted by Gasteiger charge is 2.27. The lowest BCUT2D eigenvalue weighted by Gasteiger charge is -2.26. The predicted molar refractivity (Wildman–Crippen MR) is 204 cm³/mol. The molecule has 6 aromatic carbocycles. The van der Waals surface area contributed by atoms with Crippen LogP contribution >= 0.6 is 11.6 Å². The van der Waals surface area contributed by atoms with E-state index >= 15 is 0 Å². The standard InChI is InChI=1S/C44H37ClN2O4/c45-38-26-27-41(39(30-38)42(48)46-40(44(50)51)29-32-18-20-35(21-19-32)33-14-6-2-7-15-33)47(28-10-13-31-11-4-1-5-12-31)43(49)37-24-22-36(23-25-37)34-16-8-3-9-17-34/h1-9,11-12,14-27,30,40H,10,13,28-29H2,(H,46,48)(H,50,51)/t40-/m0/s1. The van der Waals surface area contributed by atoms with Crippen LogP contribution in [0.2, 0.25) is 5.02 Å². The van der Waals surface area contributed by atoms with Gasteiger partial charge in [0.1, 0.15) is 6.04 Å². The summed E-state index contributed by atoms with van der Waals surface area (Å²) in [7, 11) is 0. The van der Waals surface area contributed by atoms with E-state index in [9.17, 15) is 19.5 Å². The molecule has 0 saturated carbocycles. The molecule has 0 bridgehead atoms. The van der Waals surface area contributed by atoms with Gasteiger partial charge in [-0.2, -0.15) is 0 Å². The molecular formula is C44H37ClN2O4. The number of benzene rings is 6. The van der Waals surface area contributed by atoms with E-state index in [1.807, 2.05) is 127 Å². The van der Waals surface area contributed by atoms with Gasteiger partial charge < -0.3 is 15.3 Å². The first-order valence-electron chi connectivity index (χ1n) is 16.8. The van der Waals surface area contributed by atoms with Crippen LogP contribution in [0.15, 0.2) is 158 Å². The number of carbonyl (C=O) groups is 3. The molecular weight excluding hydrogens is 656 g/mol. The number of hydrogen-bond donors (Lipinski definition) is 2. The number of nitrogens with zero attached hydrogens (tertiary/aromatic N) is 1. The lowest BCUT2D eigenvalue weighted by atomic mass is 10.00. The van der Waals surface area contributed by atoms with Crippen LogP contribution in [-0.2, 0) is 17.6 Å². The van der Waals surface area contributed by atoms with Gasteiger partial charge in [0.15, 0.2) is 0 Å². The van der Waals surface area contributed by atoms with Crippen LogP contribution in [0.1, 0.15) is 38.3 Å². The third kappa shape index (κ3) is 8.98. The molecule has 0 radical (unpaired) electrons. The largest absolute Gasteiger partial charge is 0.480 e. The minimum absolute atomic E-state index is 0.0690. The Labute approximate surface area is 303 Å². The summed E-state index contributed by atoms with van der Waals surface area (Å²) in [5, 5.41) is 13.1. The quantitative estimate of drug-likeness (QED) is 0.126. The number of aryl methyl sites for hydroxylation is 1. The van der Waals surface area contributed by atoms with Crippen molar-refractivity contribution < 1.29 is 19.5 Å². The van der Waals surface area contributed by atoms with Crippen molar-refractivity contribution >= 4 is 35.1 Å². The highest BCUT2D eigenvalue weighted by molar-refractivity contribution is 6.31. The molecule has 0 aromatic heterocycles. The van der Waals surface area contributed by atoms with Gasteiger partial charge in [-0.25, -0.2) is 4.79 Å². The molecule has 0 aliphatic rings. The second-order valence-electron chi connectivity index (χ2n) is 12.3. The Morgan fingerprint density at radius 2 is 1.16 bits per heavy atom. The average Bonchev–Trinajstić information content (AvgIpc) is 3.17. The van der Waals surface area contributed by atoms with Gasteiger partial charge >= 0.3 is 5.97 Å². The maximum absolute atomic E-state index is 14.3. The van der Waals surface area contributed by atoms with Gasteiger partial charge in [0.05, 0.1) is 11.3 Å². The van der Waals surface area contributed by atoms with Crippen LogP contribution in [0.5, 0.6) is 0 Å². The molecule has 0 saturated heterocycles. The molecule has 6 aromatic rings. The van der Waals surface area contributed by atoms with E-state index in [-0.39, 0.29) is 22.9 Å². The molecule has 0 aliphatic heterocycles. The van der Waals surface area contributed by atoms with E-state index in [4.69, 9.17) is 11.6 Å². The molecule has 0 fully saturated rings. The van der Waals surface area contributed by atoms with Crippen LogP contribution in [0.4, 0.5) is 5.69 Å². The summed E-state index contributed by atoms with van der Waals surface area (Å²) >= 11 is 6.42. The Morgan fingerprint density at radius 3 is 1.73 bits per heavy atom. The maximum Gasteiger partial charge on any atom is 0.326 e. The van der Waals surface area contributed by atoms with Gasteiger partial charge in [-0.05, 0) is 76.6 Å². The van der Waals surface area contributed by atoms with Crippen molar-refractivity contribution in [3.05, 3.63) is 185 Å². The summed E-state index contributed by atoms with van der Waals surface area (Å²) in [6.45, 7) is 0.312. The maximum atomic E-state index is 14.3. The Morgan fingerprint density at radius 1 is 0.627 bits per heavy atom. The molecule has 1 atom stereocenters. The number of carbonyl (C=O) groups excluding carboxylic acids is 2. The summed E-state index contributed by atoms with van der Waals surface area (Å²) in [4.78, 5) is 42.2. The molecule has 2 amide bonds. The summed E-state index contributed by atoms with van der Waals surface area (Å²) in [6.07, 6.45) is 1.41. The number of carboxylic acids is 1. The Balaban J connectivity index is 1.26. The highest BCUT2D eigenvalue weighted by atomic mass is 35.5. The molecule has 254 valence electrons. The van der Waals surface area contributed by atoms with Crippen molar-refractivity contribution in [2.75, 3.05) is 11.4 Å². The van der Waals surface area contributed by atoms with Crippen LogP contribution < -0.4 is 10.2 Å². The first-order valence-corrected chi connectivity index (χ1v) is 17.2. The van der Waals surface area contributed by atoms with Crippen molar-refractivity contribution in [2.24, 2.45) is 0 Å². The van der Waals surface area contributed by atoms with E-state index in [1.54, 1.807) is 29.2 Å². The SMILES string of the molecule is O=C(N[C@@H](Cc1ccc(-c2ccccc2)cc1)C(=O)O)c1cc(Cl)ccc1N(CCCc1ccccc1)C(=O)c1ccc(-c2ccccc2)cc1. The zero-order valence-corrected chi connectivity index (χ0v) is 28.7. The van der Waals surface area contributed by atoms with E-state index in [2.05, 4.69) is 5.32 Å².